The zero-order chi connectivity index (χ0) is 19.3. The average Bonchev–Trinajstić information content (AvgIpc) is 2.75. The maximum Gasteiger partial charge on any atom is 0.226 e. The van der Waals surface area contributed by atoms with Gasteiger partial charge in [-0.05, 0) is 37.3 Å². The normalized spacial score (nSPS) is 32.2. The number of hydrogen-bond donors (Lipinski definition) is 1. The third-order valence-corrected chi connectivity index (χ3v) is 6.25. The van der Waals surface area contributed by atoms with Crippen LogP contribution in [0.4, 0.5) is 0 Å². The van der Waals surface area contributed by atoms with E-state index in [1.807, 2.05) is 23.2 Å². The summed E-state index contributed by atoms with van der Waals surface area (Å²) < 4.78 is 11.7. The molecule has 3 aliphatic rings. The monoisotopic (exact) mass is 389 g/mol. The smallest absolute Gasteiger partial charge is 0.226 e. The highest BCUT2D eigenvalue weighted by atomic mass is 16.5. The molecule has 154 valence electrons. The molecule has 7 heteroatoms. The highest BCUT2D eigenvalue weighted by Gasteiger charge is 2.40. The minimum atomic E-state index is -0.253. The lowest BCUT2D eigenvalue weighted by Crippen LogP contribution is -2.54. The van der Waals surface area contributed by atoms with Crippen molar-refractivity contribution in [3.63, 3.8) is 0 Å². The van der Waals surface area contributed by atoms with E-state index in [-0.39, 0.29) is 30.1 Å². The summed E-state index contributed by atoms with van der Waals surface area (Å²) >= 11 is 0. The van der Waals surface area contributed by atoms with Gasteiger partial charge in [0.15, 0.2) is 0 Å². The highest BCUT2D eigenvalue weighted by Crippen LogP contribution is 2.34. The molecular formula is C21H31N3O4. The molecule has 3 heterocycles. The third-order valence-electron chi connectivity index (χ3n) is 6.25. The van der Waals surface area contributed by atoms with Gasteiger partial charge in [-0.2, -0.15) is 0 Å². The van der Waals surface area contributed by atoms with E-state index in [1.165, 1.54) is 0 Å². The molecule has 1 N–H and O–H groups in total. The summed E-state index contributed by atoms with van der Waals surface area (Å²) in [4.78, 5) is 22.1. The lowest BCUT2D eigenvalue weighted by Gasteiger charge is -2.45. The Morgan fingerprint density at radius 2 is 1.93 bits per heavy atom. The predicted octanol–water partition coefficient (Wildman–Crippen LogP) is 1.23. The van der Waals surface area contributed by atoms with Crippen molar-refractivity contribution in [3.8, 4) is 0 Å². The standard InChI is InChI=1S/C21H31N3O4/c25-18-5-3-16(4-6-18)21(26)24-10-13-28-19(15-23-8-11-27-12-9-23)20(24)17-2-1-7-22-14-17/h1-2,7,14,16,18-20,25H,3-6,8-13,15H2/t16?,18?,19-,20-/m0/s1. The molecule has 3 fully saturated rings. The largest absolute Gasteiger partial charge is 0.393 e. The van der Waals surface area contributed by atoms with Crippen molar-refractivity contribution in [1.29, 1.82) is 0 Å². The number of carbonyl (C=O) groups excluding carboxylic acids is 1. The fourth-order valence-corrected chi connectivity index (χ4v) is 4.67. The fourth-order valence-electron chi connectivity index (χ4n) is 4.67. The number of morpholine rings is 2. The van der Waals surface area contributed by atoms with Crippen molar-refractivity contribution < 1.29 is 19.4 Å². The molecule has 0 aromatic carbocycles. The van der Waals surface area contributed by atoms with Crippen LogP contribution in [-0.4, -0.2) is 84.0 Å². The van der Waals surface area contributed by atoms with Crippen LogP contribution in [0, 0.1) is 5.92 Å². The maximum atomic E-state index is 13.4. The van der Waals surface area contributed by atoms with E-state index in [9.17, 15) is 9.90 Å². The number of aromatic nitrogens is 1. The van der Waals surface area contributed by atoms with Crippen LogP contribution >= 0.6 is 0 Å². The van der Waals surface area contributed by atoms with Crippen molar-refractivity contribution >= 4 is 5.91 Å². The number of carbonyl (C=O) groups is 1. The summed E-state index contributed by atoms with van der Waals surface area (Å²) in [7, 11) is 0. The van der Waals surface area contributed by atoms with Gasteiger partial charge < -0.3 is 19.5 Å². The first-order chi connectivity index (χ1) is 13.7. The molecule has 4 rings (SSSR count). The van der Waals surface area contributed by atoms with E-state index in [0.717, 1.165) is 64.1 Å². The number of amides is 1. The van der Waals surface area contributed by atoms with Gasteiger partial charge in [0.1, 0.15) is 0 Å². The van der Waals surface area contributed by atoms with Crippen LogP contribution in [0.2, 0.25) is 0 Å². The summed E-state index contributed by atoms with van der Waals surface area (Å²) in [5.41, 5.74) is 1.03. The minimum Gasteiger partial charge on any atom is -0.393 e. The van der Waals surface area contributed by atoms with Crippen LogP contribution < -0.4 is 0 Å². The van der Waals surface area contributed by atoms with E-state index in [1.54, 1.807) is 6.20 Å². The molecule has 1 aliphatic carbocycles. The van der Waals surface area contributed by atoms with Crippen LogP contribution in [0.1, 0.15) is 37.3 Å². The summed E-state index contributed by atoms with van der Waals surface area (Å²) in [6.07, 6.45) is 6.27. The molecule has 1 aromatic rings. The van der Waals surface area contributed by atoms with Gasteiger partial charge >= 0.3 is 0 Å². The molecule has 2 saturated heterocycles. The lowest BCUT2D eigenvalue weighted by atomic mass is 9.85. The van der Waals surface area contributed by atoms with Crippen LogP contribution in [0.5, 0.6) is 0 Å². The first-order valence-electron chi connectivity index (χ1n) is 10.5. The van der Waals surface area contributed by atoms with Gasteiger partial charge in [-0.1, -0.05) is 6.07 Å². The summed E-state index contributed by atoms with van der Waals surface area (Å²) in [6.45, 7) is 5.25. The minimum absolute atomic E-state index is 0.00436. The Kier molecular flexibility index (Phi) is 6.57. The van der Waals surface area contributed by atoms with E-state index >= 15 is 0 Å². The van der Waals surface area contributed by atoms with Gasteiger partial charge in [-0.3, -0.25) is 14.7 Å². The SMILES string of the molecule is O=C(C1CCC(O)CC1)N1CCO[C@@H](CN2CCOCC2)[C@@H]1c1cccnc1. The topological polar surface area (TPSA) is 75.1 Å². The molecule has 2 atom stereocenters. The Hall–Kier alpha value is -1.54. The molecule has 2 aliphatic heterocycles. The number of hydrogen-bond acceptors (Lipinski definition) is 6. The van der Waals surface area contributed by atoms with Crippen molar-refractivity contribution in [1.82, 2.24) is 14.8 Å². The fraction of sp³-hybridized carbons (Fsp3) is 0.714. The molecule has 1 amide bonds. The Balaban J connectivity index is 1.54. The van der Waals surface area contributed by atoms with Gasteiger partial charge in [0.25, 0.3) is 0 Å². The summed E-state index contributed by atoms with van der Waals surface area (Å²) in [5, 5.41) is 9.80. The Labute approximate surface area is 166 Å². The zero-order valence-electron chi connectivity index (χ0n) is 16.4. The van der Waals surface area contributed by atoms with Gasteiger partial charge in [0.05, 0.1) is 38.1 Å². The Morgan fingerprint density at radius 1 is 1.14 bits per heavy atom. The highest BCUT2D eigenvalue weighted by molar-refractivity contribution is 5.79. The lowest BCUT2D eigenvalue weighted by molar-refractivity contribution is -0.155. The first kappa shape index (κ1) is 19.8. The average molecular weight is 389 g/mol. The van der Waals surface area contributed by atoms with Crippen molar-refractivity contribution in [3.05, 3.63) is 30.1 Å². The number of pyridine rings is 1. The van der Waals surface area contributed by atoms with Crippen LogP contribution in [0.15, 0.2) is 24.5 Å². The number of aliphatic hydroxyl groups excluding tert-OH is 1. The number of rotatable bonds is 4. The van der Waals surface area contributed by atoms with E-state index in [0.29, 0.717) is 13.2 Å². The summed E-state index contributed by atoms with van der Waals surface area (Å²) in [5.74, 6) is 0.209. The molecule has 1 saturated carbocycles. The van der Waals surface area contributed by atoms with E-state index < -0.39 is 0 Å². The van der Waals surface area contributed by atoms with Gasteiger partial charge in [-0.15, -0.1) is 0 Å². The molecule has 0 radical (unpaired) electrons. The van der Waals surface area contributed by atoms with Gasteiger partial charge in [0, 0.05) is 44.5 Å². The van der Waals surface area contributed by atoms with Crippen molar-refractivity contribution in [2.24, 2.45) is 5.92 Å². The van der Waals surface area contributed by atoms with Gasteiger partial charge in [-0.25, -0.2) is 0 Å². The maximum absolute atomic E-state index is 13.4. The Bertz CT molecular complexity index is 630. The Morgan fingerprint density at radius 3 is 2.64 bits per heavy atom. The van der Waals surface area contributed by atoms with Crippen LogP contribution in [0.25, 0.3) is 0 Å². The van der Waals surface area contributed by atoms with Crippen molar-refractivity contribution in [2.75, 3.05) is 46.0 Å². The van der Waals surface area contributed by atoms with Crippen molar-refractivity contribution in [2.45, 2.75) is 43.9 Å². The molecule has 1 aromatic heterocycles. The van der Waals surface area contributed by atoms with E-state index in [4.69, 9.17) is 9.47 Å². The predicted molar refractivity (Wildman–Crippen MR) is 104 cm³/mol. The second-order valence-corrected chi connectivity index (χ2v) is 8.09. The number of nitrogens with zero attached hydrogens (tertiary/aromatic N) is 3. The second kappa shape index (κ2) is 9.31. The second-order valence-electron chi connectivity index (χ2n) is 8.09. The molecule has 0 bridgehead atoms. The van der Waals surface area contributed by atoms with E-state index in [2.05, 4.69) is 9.88 Å². The number of ether oxygens (including phenoxy) is 2. The van der Waals surface area contributed by atoms with Crippen LogP contribution in [0.3, 0.4) is 0 Å². The molecular weight excluding hydrogens is 358 g/mol. The third kappa shape index (κ3) is 4.54. The quantitative estimate of drug-likeness (QED) is 0.835. The van der Waals surface area contributed by atoms with Gasteiger partial charge in [0.2, 0.25) is 5.91 Å². The zero-order valence-corrected chi connectivity index (χ0v) is 16.4. The molecule has 0 spiro atoms. The van der Waals surface area contributed by atoms with Crippen LogP contribution in [-0.2, 0) is 14.3 Å². The molecule has 0 unspecified atom stereocenters. The summed E-state index contributed by atoms with van der Waals surface area (Å²) in [6, 6.07) is 3.85. The number of aliphatic hydroxyl groups is 1. The molecule has 7 nitrogen and oxygen atoms in total. The molecule has 28 heavy (non-hydrogen) atoms. The first-order valence-corrected chi connectivity index (χ1v) is 10.5.